The van der Waals surface area contributed by atoms with Crippen molar-refractivity contribution in [2.45, 2.75) is 13.5 Å². The molecule has 1 aliphatic heterocycles. The maximum absolute atomic E-state index is 3.41. The molecular formula is C18H22N2. The molecule has 0 amide bonds. The Kier molecular flexibility index (Phi) is 4.14. The number of benzene rings is 2. The Morgan fingerprint density at radius 1 is 1.00 bits per heavy atom. The number of piperazine rings is 1. The van der Waals surface area contributed by atoms with Crippen LogP contribution >= 0.6 is 0 Å². The zero-order valence-electron chi connectivity index (χ0n) is 12.1. The Bertz CT molecular complexity index is 557. The maximum Gasteiger partial charge on any atom is 0.0235 e. The van der Waals surface area contributed by atoms with Crippen LogP contribution in [0.2, 0.25) is 0 Å². The van der Waals surface area contributed by atoms with Gasteiger partial charge in [-0.05, 0) is 35.2 Å². The summed E-state index contributed by atoms with van der Waals surface area (Å²) in [6.45, 7) is 7.76. The van der Waals surface area contributed by atoms with Gasteiger partial charge in [0.1, 0.15) is 0 Å². The van der Waals surface area contributed by atoms with Gasteiger partial charge in [0.2, 0.25) is 0 Å². The topological polar surface area (TPSA) is 15.3 Å². The standard InChI is InChI=1S/C18H22N2/c1-15-7-8-16(14-20-11-9-19-10-12-20)13-18(15)17-5-3-2-4-6-17/h2-8,13,19H,9-12,14H2,1H3. The average molecular weight is 266 g/mol. The third kappa shape index (κ3) is 3.09. The van der Waals surface area contributed by atoms with Gasteiger partial charge >= 0.3 is 0 Å². The lowest BCUT2D eigenvalue weighted by Gasteiger charge is -2.27. The molecule has 1 aliphatic rings. The van der Waals surface area contributed by atoms with Gasteiger partial charge < -0.3 is 5.32 Å². The molecule has 0 saturated carbocycles. The van der Waals surface area contributed by atoms with Gasteiger partial charge in [0, 0.05) is 32.7 Å². The molecule has 0 aromatic heterocycles. The van der Waals surface area contributed by atoms with E-state index in [2.05, 4.69) is 65.7 Å². The molecule has 0 aliphatic carbocycles. The maximum atomic E-state index is 3.41. The minimum atomic E-state index is 1.06. The number of hydrogen-bond donors (Lipinski definition) is 1. The molecule has 0 radical (unpaired) electrons. The van der Waals surface area contributed by atoms with Gasteiger partial charge in [-0.15, -0.1) is 0 Å². The molecule has 20 heavy (non-hydrogen) atoms. The van der Waals surface area contributed by atoms with Crippen molar-refractivity contribution in [2.24, 2.45) is 0 Å². The zero-order valence-corrected chi connectivity index (χ0v) is 12.1. The molecule has 1 N–H and O–H groups in total. The molecule has 2 aromatic rings. The summed E-state index contributed by atoms with van der Waals surface area (Å²) in [5.41, 5.74) is 5.43. The van der Waals surface area contributed by atoms with Crippen molar-refractivity contribution < 1.29 is 0 Å². The quantitative estimate of drug-likeness (QED) is 0.918. The third-order valence-electron chi connectivity index (χ3n) is 4.00. The van der Waals surface area contributed by atoms with E-state index >= 15 is 0 Å². The number of rotatable bonds is 3. The lowest BCUT2D eigenvalue weighted by Crippen LogP contribution is -2.42. The van der Waals surface area contributed by atoms with E-state index in [0.29, 0.717) is 0 Å². The minimum absolute atomic E-state index is 1.06. The molecule has 2 heteroatoms. The molecule has 2 aromatic carbocycles. The summed E-state index contributed by atoms with van der Waals surface area (Å²) in [5, 5.41) is 3.41. The summed E-state index contributed by atoms with van der Waals surface area (Å²) in [5.74, 6) is 0. The average Bonchev–Trinajstić information content (AvgIpc) is 2.51. The highest BCUT2D eigenvalue weighted by atomic mass is 15.2. The monoisotopic (exact) mass is 266 g/mol. The second kappa shape index (κ2) is 6.21. The van der Waals surface area contributed by atoms with E-state index in [1.165, 1.54) is 22.3 Å². The van der Waals surface area contributed by atoms with Crippen molar-refractivity contribution in [3.63, 3.8) is 0 Å². The van der Waals surface area contributed by atoms with Crippen LogP contribution in [0.25, 0.3) is 11.1 Å². The summed E-state index contributed by atoms with van der Waals surface area (Å²) in [6, 6.07) is 17.5. The van der Waals surface area contributed by atoms with Crippen LogP contribution < -0.4 is 5.32 Å². The van der Waals surface area contributed by atoms with E-state index in [0.717, 1.165) is 32.7 Å². The second-order valence-electron chi connectivity index (χ2n) is 5.54. The zero-order chi connectivity index (χ0) is 13.8. The van der Waals surface area contributed by atoms with E-state index in [4.69, 9.17) is 0 Å². The molecule has 0 spiro atoms. The predicted molar refractivity (Wildman–Crippen MR) is 84.8 cm³/mol. The van der Waals surface area contributed by atoms with Crippen molar-refractivity contribution >= 4 is 0 Å². The highest BCUT2D eigenvalue weighted by Gasteiger charge is 2.11. The smallest absolute Gasteiger partial charge is 0.0235 e. The molecular weight excluding hydrogens is 244 g/mol. The Morgan fingerprint density at radius 3 is 2.50 bits per heavy atom. The van der Waals surface area contributed by atoms with Gasteiger partial charge in [-0.2, -0.15) is 0 Å². The van der Waals surface area contributed by atoms with Crippen molar-refractivity contribution in [3.8, 4) is 11.1 Å². The summed E-state index contributed by atoms with van der Waals surface area (Å²) < 4.78 is 0. The first-order chi connectivity index (χ1) is 9.83. The van der Waals surface area contributed by atoms with E-state index in [1.807, 2.05) is 0 Å². The summed E-state index contributed by atoms with van der Waals surface area (Å²) >= 11 is 0. The second-order valence-corrected chi connectivity index (χ2v) is 5.54. The van der Waals surface area contributed by atoms with Gasteiger partial charge in [-0.25, -0.2) is 0 Å². The van der Waals surface area contributed by atoms with Crippen LogP contribution in [0.1, 0.15) is 11.1 Å². The normalized spacial score (nSPS) is 16.2. The van der Waals surface area contributed by atoms with Crippen molar-refractivity contribution in [2.75, 3.05) is 26.2 Å². The first-order valence-corrected chi connectivity index (χ1v) is 7.41. The van der Waals surface area contributed by atoms with E-state index < -0.39 is 0 Å². The first kappa shape index (κ1) is 13.3. The molecule has 1 saturated heterocycles. The fourth-order valence-electron chi connectivity index (χ4n) is 2.82. The number of aryl methyl sites for hydroxylation is 1. The highest BCUT2D eigenvalue weighted by Crippen LogP contribution is 2.24. The molecule has 3 rings (SSSR count). The molecule has 1 fully saturated rings. The van der Waals surface area contributed by atoms with Crippen LogP contribution in [-0.4, -0.2) is 31.1 Å². The fraction of sp³-hybridized carbons (Fsp3) is 0.333. The highest BCUT2D eigenvalue weighted by molar-refractivity contribution is 5.67. The van der Waals surface area contributed by atoms with Crippen LogP contribution in [0.5, 0.6) is 0 Å². The van der Waals surface area contributed by atoms with Crippen molar-refractivity contribution in [3.05, 3.63) is 59.7 Å². The minimum Gasteiger partial charge on any atom is -0.314 e. The summed E-state index contributed by atoms with van der Waals surface area (Å²) in [7, 11) is 0. The Hall–Kier alpha value is -1.64. The van der Waals surface area contributed by atoms with Gasteiger partial charge in [0.25, 0.3) is 0 Å². The van der Waals surface area contributed by atoms with Gasteiger partial charge in [-0.3, -0.25) is 4.90 Å². The van der Waals surface area contributed by atoms with Crippen LogP contribution in [0.3, 0.4) is 0 Å². The molecule has 104 valence electrons. The molecule has 0 unspecified atom stereocenters. The molecule has 1 heterocycles. The number of hydrogen-bond acceptors (Lipinski definition) is 2. The van der Waals surface area contributed by atoms with E-state index in [1.54, 1.807) is 0 Å². The molecule has 2 nitrogen and oxygen atoms in total. The van der Waals surface area contributed by atoms with Crippen LogP contribution in [-0.2, 0) is 6.54 Å². The molecule has 0 atom stereocenters. The first-order valence-electron chi connectivity index (χ1n) is 7.41. The summed E-state index contributed by atoms with van der Waals surface area (Å²) in [6.07, 6.45) is 0. The van der Waals surface area contributed by atoms with Crippen molar-refractivity contribution in [1.82, 2.24) is 10.2 Å². The Labute approximate surface area is 121 Å². The van der Waals surface area contributed by atoms with Crippen LogP contribution in [0.15, 0.2) is 48.5 Å². The van der Waals surface area contributed by atoms with Gasteiger partial charge in [-0.1, -0.05) is 42.5 Å². The predicted octanol–water partition coefficient (Wildman–Crippen LogP) is 3.07. The summed E-state index contributed by atoms with van der Waals surface area (Å²) in [4.78, 5) is 2.52. The largest absolute Gasteiger partial charge is 0.314 e. The van der Waals surface area contributed by atoms with Crippen LogP contribution in [0.4, 0.5) is 0 Å². The number of nitrogens with zero attached hydrogens (tertiary/aromatic N) is 1. The SMILES string of the molecule is Cc1ccc(CN2CCNCC2)cc1-c1ccccc1. The fourth-order valence-corrected chi connectivity index (χ4v) is 2.82. The Balaban J connectivity index is 1.83. The lowest BCUT2D eigenvalue weighted by molar-refractivity contribution is 0.233. The van der Waals surface area contributed by atoms with Gasteiger partial charge in [0.05, 0.1) is 0 Å². The lowest BCUT2D eigenvalue weighted by atomic mass is 9.98. The Morgan fingerprint density at radius 2 is 1.75 bits per heavy atom. The molecule has 0 bridgehead atoms. The van der Waals surface area contributed by atoms with E-state index in [-0.39, 0.29) is 0 Å². The number of nitrogens with one attached hydrogen (secondary N) is 1. The third-order valence-corrected chi connectivity index (χ3v) is 4.00. The van der Waals surface area contributed by atoms with E-state index in [9.17, 15) is 0 Å². The van der Waals surface area contributed by atoms with Crippen molar-refractivity contribution in [1.29, 1.82) is 0 Å². The van der Waals surface area contributed by atoms with Gasteiger partial charge in [0.15, 0.2) is 0 Å². The van der Waals surface area contributed by atoms with Crippen LogP contribution in [0, 0.1) is 6.92 Å².